The maximum Gasteiger partial charge on any atom is 0.254 e. The fourth-order valence-electron chi connectivity index (χ4n) is 3.77. The van der Waals surface area contributed by atoms with E-state index in [1.54, 1.807) is 6.20 Å². The molecule has 4 heteroatoms. The first kappa shape index (κ1) is 16.6. The fraction of sp³-hybridized carbons (Fsp3) is 0.273. The molecule has 0 bridgehead atoms. The smallest absolute Gasteiger partial charge is 0.254 e. The molecule has 0 atom stereocenters. The predicted octanol–water partition coefficient (Wildman–Crippen LogP) is 4.03. The van der Waals surface area contributed by atoms with E-state index in [1.807, 2.05) is 48.0 Å². The van der Waals surface area contributed by atoms with Crippen molar-refractivity contribution in [1.29, 1.82) is 0 Å². The normalized spacial score (nSPS) is 15.3. The summed E-state index contributed by atoms with van der Waals surface area (Å²) < 4.78 is 1.81. The molecule has 4 rings (SSSR count). The molecule has 0 aliphatic heterocycles. The topological polar surface area (TPSA) is 46.9 Å². The summed E-state index contributed by atoms with van der Waals surface area (Å²) in [6, 6.07) is 20.4. The molecular weight excluding hydrogens is 322 g/mol. The van der Waals surface area contributed by atoms with Crippen LogP contribution in [0.1, 0.15) is 40.9 Å². The minimum Gasteiger partial charge on any atom is -0.351 e. The lowest BCUT2D eigenvalue weighted by Crippen LogP contribution is -2.45. The lowest BCUT2D eigenvalue weighted by molar-refractivity contribution is 0.0927. The minimum atomic E-state index is -0.0492. The zero-order valence-electron chi connectivity index (χ0n) is 15.0. The Morgan fingerprint density at radius 3 is 2.35 bits per heavy atom. The number of hydrogen-bond acceptors (Lipinski definition) is 2. The third kappa shape index (κ3) is 2.92. The van der Waals surface area contributed by atoms with Crippen LogP contribution in [0.5, 0.6) is 0 Å². The summed E-state index contributed by atoms with van der Waals surface area (Å²) in [5.41, 5.74) is 3.86. The Labute approximate surface area is 153 Å². The van der Waals surface area contributed by atoms with Crippen molar-refractivity contribution >= 4 is 5.91 Å². The largest absolute Gasteiger partial charge is 0.351 e. The number of aromatic nitrogens is 2. The summed E-state index contributed by atoms with van der Waals surface area (Å²) in [4.78, 5) is 12.8. The maximum atomic E-state index is 12.8. The van der Waals surface area contributed by atoms with Crippen LogP contribution in [0.3, 0.4) is 0 Å². The van der Waals surface area contributed by atoms with Crippen molar-refractivity contribution in [2.45, 2.75) is 31.6 Å². The molecule has 4 nitrogen and oxygen atoms in total. The Balaban J connectivity index is 1.50. The van der Waals surface area contributed by atoms with E-state index in [4.69, 9.17) is 0 Å². The van der Waals surface area contributed by atoms with Crippen LogP contribution >= 0.6 is 0 Å². The van der Waals surface area contributed by atoms with Crippen molar-refractivity contribution in [3.63, 3.8) is 0 Å². The van der Waals surface area contributed by atoms with Gasteiger partial charge < -0.3 is 5.32 Å². The van der Waals surface area contributed by atoms with Crippen LogP contribution in [0.4, 0.5) is 0 Å². The number of amides is 1. The number of nitrogens with one attached hydrogen (secondary N) is 1. The Morgan fingerprint density at radius 1 is 1.08 bits per heavy atom. The minimum absolute atomic E-state index is 0.0492. The molecule has 3 aromatic rings. The highest BCUT2D eigenvalue weighted by molar-refractivity contribution is 5.95. The van der Waals surface area contributed by atoms with Crippen LogP contribution in [0, 0.1) is 6.92 Å². The summed E-state index contributed by atoms with van der Waals surface area (Å²) in [5.74, 6) is -0.0492. The monoisotopic (exact) mass is 345 g/mol. The molecule has 1 N–H and O–H groups in total. The Kier molecular flexibility index (Phi) is 4.33. The zero-order chi connectivity index (χ0) is 18.0. The molecular formula is C22H23N3O. The molecule has 1 aromatic heterocycles. The number of rotatable bonds is 5. The van der Waals surface area contributed by atoms with Crippen LogP contribution in [0.2, 0.25) is 0 Å². The van der Waals surface area contributed by atoms with Crippen LogP contribution in [-0.2, 0) is 5.41 Å². The van der Waals surface area contributed by atoms with E-state index in [1.165, 1.54) is 12.0 Å². The molecule has 0 saturated heterocycles. The number of carbonyl (C=O) groups is 1. The molecule has 1 heterocycles. The van der Waals surface area contributed by atoms with Gasteiger partial charge in [0.25, 0.3) is 5.91 Å². The van der Waals surface area contributed by atoms with E-state index < -0.39 is 0 Å². The van der Waals surface area contributed by atoms with E-state index in [0.29, 0.717) is 12.1 Å². The summed E-state index contributed by atoms with van der Waals surface area (Å²) in [5, 5.41) is 7.55. The van der Waals surface area contributed by atoms with Crippen molar-refractivity contribution in [2.24, 2.45) is 0 Å². The van der Waals surface area contributed by atoms with Gasteiger partial charge in [-0.25, -0.2) is 4.68 Å². The predicted molar refractivity (Wildman–Crippen MR) is 103 cm³/mol. The van der Waals surface area contributed by atoms with Crippen molar-refractivity contribution in [3.8, 4) is 5.69 Å². The van der Waals surface area contributed by atoms with E-state index >= 15 is 0 Å². The highest BCUT2D eigenvalue weighted by atomic mass is 16.1. The fourth-order valence-corrected chi connectivity index (χ4v) is 3.77. The van der Waals surface area contributed by atoms with Gasteiger partial charge in [-0.3, -0.25) is 4.79 Å². The highest BCUT2D eigenvalue weighted by Crippen LogP contribution is 2.43. The van der Waals surface area contributed by atoms with Crippen LogP contribution in [0.25, 0.3) is 5.69 Å². The van der Waals surface area contributed by atoms with Gasteiger partial charge in [0.05, 0.1) is 23.1 Å². The second kappa shape index (κ2) is 6.79. The van der Waals surface area contributed by atoms with Gasteiger partial charge in [0.15, 0.2) is 0 Å². The molecule has 1 fully saturated rings. The number of hydrogen-bond donors (Lipinski definition) is 1. The highest BCUT2D eigenvalue weighted by Gasteiger charge is 2.38. The molecule has 26 heavy (non-hydrogen) atoms. The standard InChI is InChI=1S/C22H23N3O/c1-17-20(15-24-25(17)19-11-6-3-7-12-19)21(26)23-16-22(13-8-14-22)18-9-4-2-5-10-18/h2-7,9-12,15H,8,13-14,16H2,1H3,(H,23,26). The first-order valence-electron chi connectivity index (χ1n) is 9.13. The molecule has 0 radical (unpaired) electrons. The summed E-state index contributed by atoms with van der Waals surface area (Å²) in [7, 11) is 0. The van der Waals surface area contributed by atoms with Crippen molar-refractivity contribution in [3.05, 3.63) is 83.7 Å². The average Bonchev–Trinajstić information content (AvgIpc) is 3.04. The van der Waals surface area contributed by atoms with Gasteiger partial charge in [-0.2, -0.15) is 5.10 Å². The summed E-state index contributed by atoms with van der Waals surface area (Å²) >= 11 is 0. The SMILES string of the molecule is Cc1c(C(=O)NCC2(c3ccccc3)CCC2)cnn1-c1ccccc1. The number of nitrogens with zero attached hydrogens (tertiary/aromatic N) is 2. The molecule has 132 valence electrons. The van der Waals surface area contributed by atoms with Gasteiger partial charge in [0.1, 0.15) is 0 Å². The van der Waals surface area contributed by atoms with E-state index in [-0.39, 0.29) is 11.3 Å². The van der Waals surface area contributed by atoms with Crippen molar-refractivity contribution in [2.75, 3.05) is 6.54 Å². The second-order valence-corrected chi connectivity index (χ2v) is 7.07. The van der Waals surface area contributed by atoms with Crippen LogP contribution < -0.4 is 5.32 Å². The zero-order valence-corrected chi connectivity index (χ0v) is 15.0. The van der Waals surface area contributed by atoms with Gasteiger partial charge in [-0.05, 0) is 37.5 Å². The Hall–Kier alpha value is -2.88. The Bertz CT molecular complexity index is 896. The third-order valence-electron chi connectivity index (χ3n) is 5.54. The maximum absolute atomic E-state index is 12.8. The first-order chi connectivity index (χ1) is 12.7. The van der Waals surface area contributed by atoms with E-state index in [0.717, 1.165) is 24.2 Å². The summed E-state index contributed by atoms with van der Waals surface area (Å²) in [6.07, 6.45) is 5.13. The third-order valence-corrected chi connectivity index (χ3v) is 5.54. The van der Waals surface area contributed by atoms with E-state index in [2.05, 4.69) is 34.7 Å². The van der Waals surface area contributed by atoms with Crippen molar-refractivity contribution in [1.82, 2.24) is 15.1 Å². The summed E-state index contributed by atoms with van der Waals surface area (Å²) in [6.45, 7) is 2.61. The van der Waals surface area contributed by atoms with Crippen molar-refractivity contribution < 1.29 is 4.79 Å². The van der Waals surface area contributed by atoms with Gasteiger partial charge in [0.2, 0.25) is 0 Å². The van der Waals surface area contributed by atoms with Gasteiger partial charge in [-0.1, -0.05) is 55.0 Å². The number of para-hydroxylation sites is 1. The lowest BCUT2D eigenvalue weighted by Gasteiger charge is -2.42. The average molecular weight is 345 g/mol. The molecule has 1 amide bonds. The molecule has 1 aliphatic carbocycles. The number of carbonyl (C=O) groups excluding carboxylic acids is 1. The number of benzene rings is 2. The van der Waals surface area contributed by atoms with Crippen LogP contribution in [0.15, 0.2) is 66.9 Å². The molecule has 1 aliphatic rings. The van der Waals surface area contributed by atoms with Gasteiger partial charge in [-0.15, -0.1) is 0 Å². The first-order valence-corrected chi connectivity index (χ1v) is 9.13. The second-order valence-electron chi connectivity index (χ2n) is 7.07. The molecule has 0 unspecified atom stereocenters. The molecule has 0 spiro atoms. The lowest BCUT2D eigenvalue weighted by atomic mass is 9.64. The Morgan fingerprint density at radius 2 is 1.73 bits per heavy atom. The van der Waals surface area contributed by atoms with Crippen LogP contribution in [-0.4, -0.2) is 22.2 Å². The van der Waals surface area contributed by atoms with E-state index in [9.17, 15) is 4.79 Å². The molecule has 2 aromatic carbocycles. The van der Waals surface area contributed by atoms with Gasteiger partial charge >= 0.3 is 0 Å². The quantitative estimate of drug-likeness (QED) is 0.759. The van der Waals surface area contributed by atoms with Gasteiger partial charge in [0, 0.05) is 12.0 Å². The molecule has 1 saturated carbocycles.